The van der Waals surface area contributed by atoms with Gasteiger partial charge in [-0.05, 0) is 45.3 Å². The lowest BCUT2D eigenvalue weighted by atomic mass is 10.1. The Hall–Kier alpha value is -0.120. The third-order valence-electron chi connectivity index (χ3n) is 2.76. The molecule has 2 N–H and O–H groups in total. The fourth-order valence-corrected chi connectivity index (χ4v) is 2.02. The average molecular weight is 186 g/mol. The van der Waals surface area contributed by atoms with E-state index in [1.54, 1.807) is 7.11 Å². The Labute approximate surface area is 81.2 Å². The first-order valence-electron chi connectivity index (χ1n) is 5.31. The summed E-state index contributed by atoms with van der Waals surface area (Å²) in [6.07, 6.45) is 5.00. The zero-order valence-electron chi connectivity index (χ0n) is 8.67. The van der Waals surface area contributed by atoms with Crippen LogP contribution in [0.15, 0.2) is 0 Å². The highest BCUT2D eigenvalue weighted by molar-refractivity contribution is 4.76. The summed E-state index contributed by atoms with van der Waals surface area (Å²) in [4.78, 5) is 2.54. The van der Waals surface area contributed by atoms with Crippen LogP contribution in [0.5, 0.6) is 0 Å². The van der Waals surface area contributed by atoms with Crippen LogP contribution in [0.2, 0.25) is 0 Å². The van der Waals surface area contributed by atoms with E-state index >= 15 is 0 Å². The molecule has 0 bridgehead atoms. The van der Waals surface area contributed by atoms with Gasteiger partial charge in [-0.25, -0.2) is 0 Å². The molecule has 1 saturated heterocycles. The molecule has 1 fully saturated rings. The number of hydrogen-bond acceptors (Lipinski definition) is 3. The third kappa shape index (κ3) is 3.63. The van der Waals surface area contributed by atoms with Crippen molar-refractivity contribution < 1.29 is 4.74 Å². The Kier molecular flexibility index (Phi) is 5.35. The molecule has 1 heterocycles. The molecule has 1 unspecified atom stereocenters. The Morgan fingerprint density at radius 1 is 1.38 bits per heavy atom. The van der Waals surface area contributed by atoms with Crippen LogP contribution in [0.4, 0.5) is 0 Å². The molecule has 1 rings (SSSR count). The molecular formula is C10H22N2O. The van der Waals surface area contributed by atoms with Crippen LogP contribution in [0.3, 0.4) is 0 Å². The molecule has 1 aliphatic rings. The summed E-state index contributed by atoms with van der Waals surface area (Å²) < 4.78 is 5.23. The van der Waals surface area contributed by atoms with E-state index in [9.17, 15) is 0 Å². The van der Waals surface area contributed by atoms with Crippen molar-refractivity contribution in [1.82, 2.24) is 4.90 Å². The van der Waals surface area contributed by atoms with Crippen molar-refractivity contribution in [3.8, 4) is 0 Å². The fourth-order valence-electron chi connectivity index (χ4n) is 2.02. The maximum Gasteiger partial charge on any atom is 0.0618 e. The van der Waals surface area contributed by atoms with E-state index < -0.39 is 0 Å². The van der Waals surface area contributed by atoms with Crippen LogP contribution in [-0.2, 0) is 4.74 Å². The highest BCUT2D eigenvalue weighted by atomic mass is 16.5. The van der Waals surface area contributed by atoms with Gasteiger partial charge in [0.2, 0.25) is 0 Å². The Morgan fingerprint density at radius 2 is 2.08 bits per heavy atom. The monoisotopic (exact) mass is 186 g/mol. The summed E-state index contributed by atoms with van der Waals surface area (Å²) in [6.45, 7) is 4.16. The van der Waals surface area contributed by atoms with Crippen molar-refractivity contribution in [2.75, 3.05) is 33.4 Å². The summed E-state index contributed by atoms with van der Waals surface area (Å²) in [6, 6.07) is 0.607. The Morgan fingerprint density at radius 3 is 2.62 bits per heavy atom. The minimum atomic E-state index is 0.607. The lowest BCUT2D eigenvalue weighted by molar-refractivity contribution is 0.0992. The van der Waals surface area contributed by atoms with E-state index in [1.807, 2.05) is 0 Å². The number of hydrogen-bond donors (Lipinski definition) is 1. The first kappa shape index (κ1) is 11.0. The van der Waals surface area contributed by atoms with Crippen LogP contribution >= 0.6 is 0 Å². The molecule has 1 atom stereocenters. The van der Waals surface area contributed by atoms with Gasteiger partial charge in [-0.15, -0.1) is 0 Å². The first-order valence-corrected chi connectivity index (χ1v) is 5.31. The predicted molar refractivity (Wildman–Crippen MR) is 54.8 cm³/mol. The molecule has 0 aromatic rings. The minimum absolute atomic E-state index is 0.607. The summed E-state index contributed by atoms with van der Waals surface area (Å²) in [7, 11) is 1.78. The SMILES string of the molecule is COCC(CCCN)N1CCCC1. The number of nitrogens with two attached hydrogens (primary N) is 1. The zero-order valence-corrected chi connectivity index (χ0v) is 8.67. The number of likely N-dealkylation sites (tertiary alicyclic amines) is 1. The number of ether oxygens (including phenoxy) is 1. The molecule has 0 aliphatic carbocycles. The molecule has 0 saturated carbocycles. The van der Waals surface area contributed by atoms with Crippen LogP contribution in [0, 0.1) is 0 Å². The normalized spacial score (nSPS) is 20.8. The van der Waals surface area contributed by atoms with Crippen molar-refractivity contribution in [1.29, 1.82) is 0 Å². The summed E-state index contributed by atoms with van der Waals surface area (Å²) >= 11 is 0. The van der Waals surface area contributed by atoms with Crippen molar-refractivity contribution in [3.05, 3.63) is 0 Å². The van der Waals surface area contributed by atoms with E-state index in [0.717, 1.165) is 19.6 Å². The second-order valence-corrected chi connectivity index (χ2v) is 3.78. The van der Waals surface area contributed by atoms with E-state index in [0.29, 0.717) is 6.04 Å². The van der Waals surface area contributed by atoms with Crippen molar-refractivity contribution >= 4 is 0 Å². The first-order chi connectivity index (χ1) is 6.38. The minimum Gasteiger partial charge on any atom is -0.383 e. The molecule has 3 nitrogen and oxygen atoms in total. The number of rotatable bonds is 6. The molecule has 0 aromatic heterocycles. The molecule has 13 heavy (non-hydrogen) atoms. The van der Waals surface area contributed by atoms with Crippen molar-refractivity contribution in [3.63, 3.8) is 0 Å². The number of nitrogens with zero attached hydrogens (tertiary/aromatic N) is 1. The van der Waals surface area contributed by atoms with E-state index in [2.05, 4.69) is 4.90 Å². The largest absolute Gasteiger partial charge is 0.383 e. The predicted octanol–water partition coefficient (Wildman–Crippen LogP) is 0.836. The maximum absolute atomic E-state index is 5.51. The quantitative estimate of drug-likeness (QED) is 0.668. The smallest absolute Gasteiger partial charge is 0.0618 e. The van der Waals surface area contributed by atoms with Gasteiger partial charge in [0.1, 0.15) is 0 Å². The van der Waals surface area contributed by atoms with E-state index in [1.165, 1.54) is 32.4 Å². The second kappa shape index (κ2) is 6.35. The Balaban J connectivity index is 2.26. The summed E-state index contributed by atoms with van der Waals surface area (Å²) in [5.74, 6) is 0. The van der Waals surface area contributed by atoms with Gasteiger partial charge in [-0.2, -0.15) is 0 Å². The van der Waals surface area contributed by atoms with Crippen molar-refractivity contribution in [2.24, 2.45) is 5.73 Å². The molecule has 78 valence electrons. The van der Waals surface area contributed by atoms with Gasteiger partial charge in [-0.3, -0.25) is 4.90 Å². The second-order valence-electron chi connectivity index (χ2n) is 3.78. The summed E-state index contributed by atoms with van der Waals surface area (Å²) in [5.41, 5.74) is 5.51. The van der Waals surface area contributed by atoms with Gasteiger partial charge >= 0.3 is 0 Å². The average Bonchev–Trinajstić information content (AvgIpc) is 2.65. The third-order valence-corrected chi connectivity index (χ3v) is 2.76. The van der Waals surface area contributed by atoms with Gasteiger partial charge in [0.05, 0.1) is 6.61 Å². The zero-order chi connectivity index (χ0) is 9.52. The topological polar surface area (TPSA) is 38.5 Å². The van der Waals surface area contributed by atoms with Crippen LogP contribution in [0.1, 0.15) is 25.7 Å². The highest BCUT2D eigenvalue weighted by Crippen LogP contribution is 2.15. The maximum atomic E-state index is 5.51. The fraction of sp³-hybridized carbons (Fsp3) is 1.00. The van der Waals surface area contributed by atoms with Gasteiger partial charge in [0.15, 0.2) is 0 Å². The molecule has 0 amide bonds. The van der Waals surface area contributed by atoms with Gasteiger partial charge in [0.25, 0.3) is 0 Å². The van der Waals surface area contributed by atoms with Gasteiger partial charge in [-0.1, -0.05) is 0 Å². The van der Waals surface area contributed by atoms with Gasteiger partial charge < -0.3 is 10.5 Å². The van der Waals surface area contributed by atoms with Crippen LogP contribution in [0.25, 0.3) is 0 Å². The van der Waals surface area contributed by atoms with E-state index in [-0.39, 0.29) is 0 Å². The van der Waals surface area contributed by atoms with Crippen LogP contribution < -0.4 is 5.73 Å². The van der Waals surface area contributed by atoms with Gasteiger partial charge in [0, 0.05) is 13.2 Å². The molecule has 0 aromatic carbocycles. The standard InChI is InChI=1S/C10H22N2O/c1-13-9-10(5-4-6-11)12-7-2-3-8-12/h10H,2-9,11H2,1H3. The number of methoxy groups -OCH3 is 1. The molecular weight excluding hydrogens is 164 g/mol. The molecule has 0 radical (unpaired) electrons. The molecule has 1 aliphatic heterocycles. The van der Waals surface area contributed by atoms with E-state index in [4.69, 9.17) is 10.5 Å². The highest BCUT2D eigenvalue weighted by Gasteiger charge is 2.20. The molecule has 3 heteroatoms. The molecule has 0 spiro atoms. The van der Waals surface area contributed by atoms with Crippen LogP contribution in [-0.4, -0.2) is 44.3 Å². The lowest BCUT2D eigenvalue weighted by Crippen LogP contribution is -2.36. The lowest BCUT2D eigenvalue weighted by Gasteiger charge is -2.26. The Bertz CT molecular complexity index is 124. The van der Waals surface area contributed by atoms with Crippen molar-refractivity contribution in [2.45, 2.75) is 31.7 Å². The summed E-state index contributed by atoms with van der Waals surface area (Å²) in [5, 5.41) is 0.